The molecule has 0 saturated carbocycles. The van der Waals surface area contributed by atoms with Crippen molar-refractivity contribution in [3.05, 3.63) is 90.3 Å². The zero-order valence-corrected chi connectivity index (χ0v) is 27.0. The maximum Gasteiger partial charge on any atom is 0.159 e. The second-order valence-electron chi connectivity index (χ2n) is 12.3. The number of aliphatic hydroxyl groups excluding tert-OH is 1. The number of rotatable bonds is 5. The van der Waals surface area contributed by atoms with Crippen molar-refractivity contribution in [3.63, 3.8) is 0 Å². The Labute approximate surface area is 253 Å². The van der Waals surface area contributed by atoms with Crippen LogP contribution in [0.3, 0.4) is 0 Å². The maximum atomic E-state index is 11.2. The second-order valence-corrected chi connectivity index (χ2v) is 12.3. The minimum Gasteiger partial charge on any atom is -0.512 e. The Morgan fingerprint density at radius 1 is 0.900 bits per heavy atom. The molecule has 1 aromatic heterocycles. The van der Waals surface area contributed by atoms with Gasteiger partial charge in [0.15, 0.2) is 5.78 Å². The first-order chi connectivity index (χ1) is 18.5. The van der Waals surface area contributed by atoms with Crippen molar-refractivity contribution in [2.24, 2.45) is 11.8 Å². The van der Waals surface area contributed by atoms with Crippen molar-refractivity contribution < 1.29 is 30.0 Å². The number of allylic oxidation sites excluding steroid dienone is 2. The molecule has 0 bridgehead atoms. The number of aromatic nitrogens is 1. The molecule has 3 aromatic carbocycles. The molecule has 211 valence electrons. The van der Waals surface area contributed by atoms with E-state index in [1.54, 1.807) is 0 Å². The van der Waals surface area contributed by atoms with Crippen molar-refractivity contribution in [1.29, 1.82) is 0 Å². The molecule has 0 unspecified atom stereocenters. The van der Waals surface area contributed by atoms with E-state index in [0.717, 1.165) is 11.3 Å². The van der Waals surface area contributed by atoms with Gasteiger partial charge in [0.05, 0.1) is 5.76 Å². The van der Waals surface area contributed by atoms with Crippen LogP contribution in [-0.4, -0.2) is 15.9 Å². The van der Waals surface area contributed by atoms with Gasteiger partial charge in [0, 0.05) is 45.2 Å². The first-order valence-corrected chi connectivity index (χ1v) is 13.9. The van der Waals surface area contributed by atoms with E-state index < -0.39 is 0 Å². The molecular formula is C36H40IrNO2-. The van der Waals surface area contributed by atoms with Crippen molar-refractivity contribution in [3.8, 4) is 33.5 Å². The van der Waals surface area contributed by atoms with Gasteiger partial charge in [-0.3, -0.25) is 4.79 Å². The Hall–Kier alpha value is -3.07. The first-order valence-electron chi connectivity index (χ1n) is 13.9. The van der Waals surface area contributed by atoms with Crippen LogP contribution in [0, 0.1) is 17.9 Å². The monoisotopic (exact) mass is 711 g/mol. The molecule has 40 heavy (non-hydrogen) atoms. The van der Waals surface area contributed by atoms with E-state index in [1.165, 1.54) is 44.7 Å². The molecule has 1 aliphatic carbocycles. The number of hydrogen-bond acceptors (Lipinski definition) is 3. The Morgan fingerprint density at radius 2 is 1.60 bits per heavy atom. The maximum absolute atomic E-state index is 11.2. The van der Waals surface area contributed by atoms with Crippen LogP contribution < -0.4 is 0 Å². The summed E-state index contributed by atoms with van der Waals surface area (Å²) in [4.78, 5) is 16.0. The topological polar surface area (TPSA) is 50.2 Å². The number of nitrogens with zero attached hydrogens (tertiary/aromatic N) is 1. The van der Waals surface area contributed by atoms with E-state index in [9.17, 15) is 9.90 Å². The molecule has 3 nitrogen and oxygen atoms in total. The molecule has 0 aliphatic heterocycles. The quantitative estimate of drug-likeness (QED) is 0.112. The predicted molar refractivity (Wildman–Crippen MR) is 164 cm³/mol. The summed E-state index contributed by atoms with van der Waals surface area (Å²) in [6, 6.07) is 25.3. The summed E-state index contributed by atoms with van der Waals surface area (Å²) in [6.45, 7) is 14.8. The van der Waals surface area contributed by atoms with Crippen LogP contribution in [0.2, 0.25) is 0 Å². The molecule has 1 heterocycles. The minimum atomic E-state index is 0. The Balaban J connectivity index is 0.000000272. The number of pyridine rings is 1. The fourth-order valence-corrected chi connectivity index (χ4v) is 5.09. The van der Waals surface area contributed by atoms with Gasteiger partial charge < -0.3 is 10.1 Å². The standard InChI is InChI=1S/C25H20N.C11H20O2.Ir/c1-25(2,3)17-11-12-19-20-10-6-7-16-13-14-26-24(23(16)20)21-9-5-4-8-18(21)22(19)15-17;1-8(2)5-10(12)7-11(13)6-9(3)4;/h4-8,10-15H,1-3H3;7-9,12H,5-6H2,1-4H3;/q-1;;/b;10-7-;. The smallest absolute Gasteiger partial charge is 0.159 e. The van der Waals surface area contributed by atoms with Gasteiger partial charge in [0.25, 0.3) is 0 Å². The van der Waals surface area contributed by atoms with E-state index in [4.69, 9.17) is 4.98 Å². The predicted octanol–water partition coefficient (Wildman–Crippen LogP) is 9.73. The zero-order chi connectivity index (χ0) is 28.3. The third kappa shape index (κ3) is 7.16. The van der Waals surface area contributed by atoms with Gasteiger partial charge in [-0.05, 0) is 56.5 Å². The van der Waals surface area contributed by atoms with Crippen molar-refractivity contribution in [1.82, 2.24) is 4.98 Å². The normalized spacial score (nSPS) is 12.2. The summed E-state index contributed by atoms with van der Waals surface area (Å²) >= 11 is 0. The van der Waals surface area contributed by atoms with Crippen LogP contribution >= 0.6 is 0 Å². The van der Waals surface area contributed by atoms with Gasteiger partial charge in [0.2, 0.25) is 0 Å². The summed E-state index contributed by atoms with van der Waals surface area (Å²) in [5.41, 5.74) is 8.59. The number of ketones is 1. The van der Waals surface area contributed by atoms with Crippen molar-refractivity contribution >= 4 is 16.6 Å². The average Bonchev–Trinajstić information content (AvgIpc) is 2.97. The van der Waals surface area contributed by atoms with E-state index >= 15 is 0 Å². The number of carbonyl (C=O) groups is 1. The zero-order valence-electron chi connectivity index (χ0n) is 24.6. The summed E-state index contributed by atoms with van der Waals surface area (Å²) in [7, 11) is 0. The van der Waals surface area contributed by atoms with Crippen LogP contribution in [0.25, 0.3) is 44.3 Å². The molecule has 1 radical (unpaired) electrons. The summed E-state index contributed by atoms with van der Waals surface area (Å²) in [5.74, 6) is 0.979. The molecule has 0 atom stereocenters. The minimum absolute atomic E-state index is 0. The number of hydrogen-bond donors (Lipinski definition) is 1. The fourth-order valence-electron chi connectivity index (χ4n) is 5.09. The molecule has 4 heteroatoms. The van der Waals surface area contributed by atoms with Crippen molar-refractivity contribution in [2.45, 2.75) is 66.7 Å². The van der Waals surface area contributed by atoms with Crippen LogP contribution in [-0.2, 0) is 30.3 Å². The Bertz CT molecular complexity index is 1520. The third-order valence-electron chi connectivity index (χ3n) is 6.90. The molecule has 0 amide bonds. The van der Waals surface area contributed by atoms with E-state index in [0.29, 0.717) is 24.7 Å². The van der Waals surface area contributed by atoms with Crippen LogP contribution in [0.15, 0.2) is 78.7 Å². The summed E-state index contributed by atoms with van der Waals surface area (Å²) in [5, 5.41) is 11.8. The molecular weight excluding hydrogens is 671 g/mol. The SMILES string of the molecule is CC(C)(C)c1ccc2c(c1)-c1ccc[c-]c1-c1nccc3cccc-2c13.CC(C)CC(=O)/C=C(\O)CC(C)C.[Ir]. The molecule has 1 aliphatic rings. The molecule has 4 aromatic rings. The molecule has 1 N–H and O–H groups in total. The Morgan fingerprint density at radius 3 is 2.27 bits per heavy atom. The molecule has 0 spiro atoms. The van der Waals surface area contributed by atoms with Gasteiger partial charge in [-0.15, -0.1) is 29.8 Å². The van der Waals surface area contributed by atoms with Crippen LogP contribution in [0.5, 0.6) is 0 Å². The summed E-state index contributed by atoms with van der Waals surface area (Å²) < 4.78 is 0. The Kier molecular flexibility index (Phi) is 10.3. The first kappa shape index (κ1) is 31.5. The van der Waals surface area contributed by atoms with Crippen molar-refractivity contribution in [2.75, 3.05) is 0 Å². The number of benzene rings is 3. The van der Waals surface area contributed by atoms with Crippen LogP contribution in [0.1, 0.15) is 66.9 Å². The molecule has 0 fully saturated rings. The van der Waals surface area contributed by atoms with Gasteiger partial charge >= 0.3 is 0 Å². The van der Waals surface area contributed by atoms with Gasteiger partial charge in [-0.1, -0.05) is 96.0 Å². The van der Waals surface area contributed by atoms with Crippen LogP contribution in [0.4, 0.5) is 0 Å². The molecule has 5 rings (SSSR count). The van der Waals surface area contributed by atoms with Gasteiger partial charge in [-0.2, -0.15) is 0 Å². The molecule has 0 saturated heterocycles. The second kappa shape index (κ2) is 13.1. The number of fused-ring (bicyclic) bond motifs is 5. The number of aliphatic hydroxyl groups is 1. The van der Waals surface area contributed by atoms with E-state index in [1.807, 2.05) is 40.0 Å². The number of carbonyl (C=O) groups excluding carboxylic acids is 1. The van der Waals surface area contributed by atoms with E-state index in [-0.39, 0.29) is 37.1 Å². The van der Waals surface area contributed by atoms with Gasteiger partial charge in [0.1, 0.15) is 0 Å². The third-order valence-corrected chi connectivity index (χ3v) is 6.90. The fraction of sp³-hybridized carbons (Fsp3) is 0.333. The largest absolute Gasteiger partial charge is 0.512 e. The van der Waals surface area contributed by atoms with E-state index in [2.05, 4.69) is 81.4 Å². The van der Waals surface area contributed by atoms with Gasteiger partial charge in [-0.25, -0.2) is 0 Å². The summed E-state index contributed by atoms with van der Waals surface area (Å²) in [6.07, 6.45) is 4.37. The average molecular weight is 711 g/mol.